The van der Waals surface area contributed by atoms with Gasteiger partial charge in [0.05, 0.1) is 25.4 Å². The van der Waals surface area contributed by atoms with Crippen molar-refractivity contribution >= 4 is 5.97 Å². The van der Waals surface area contributed by atoms with Crippen molar-refractivity contribution in [2.45, 2.75) is 6.54 Å². The molecule has 0 bridgehead atoms. The van der Waals surface area contributed by atoms with E-state index in [0.717, 1.165) is 5.56 Å². The maximum absolute atomic E-state index is 13.5. The summed E-state index contributed by atoms with van der Waals surface area (Å²) in [7, 11) is 1.22. The molecule has 1 aromatic carbocycles. The van der Waals surface area contributed by atoms with Gasteiger partial charge < -0.3 is 10.5 Å². The molecule has 0 aliphatic carbocycles. The molecule has 5 nitrogen and oxygen atoms in total. The Labute approximate surface area is 109 Å². The van der Waals surface area contributed by atoms with Gasteiger partial charge in [0.1, 0.15) is 5.82 Å². The summed E-state index contributed by atoms with van der Waals surface area (Å²) in [5.41, 5.74) is 6.84. The van der Waals surface area contributed by atoms with E-state index in [1.54, 1.807) is 23.1 Å². The molecule has 0 aliphatic heterocycles. The number of halogens is 1. The molecule has 0 saturated carbocycles. The summed E-state index contributed by atoms with van der Waals surface area (Å²) in [6.45, 7) is 1.09. The maximum Gasteiger partial charge on any atom is 0.340 e. The van der Waals surface area contributed by atoms with Crippen LogP contribution in [-0.4, -0.2) is 29.4 Å². The number of esters is 1. The summed E-state index contributed by atoms with van der Waals surface area (Å²) in [4.78, 5) is 11.4. The van der Waals surface area contributed by atoms with E-state index in [4.69, 9.17) is 5.73 Å². The molecule has 1 heterocycles. The first-order valence-corrected chi connectivity index (χ1v) is 5.76. The summed E-state index contributed by atoms with van der Waals surface area (Å²) in [6.07, 6.45) is 3.44. The number of carbonyl (C=O) groups is 1. The normalized spacial score (nSPS) is 10.5. The Balaban J connectivity index is 2.36. The summed E-state index contributed by atoms with van der Waals surface area (Å²) in [6, 6.07) is 4.28. The number of carbonyl (C=O) groups excluding carboxylic acids is 1. The van der Waals surface area contributed by atoms with Crippen LogP contribution in [0.3, 0.4) is 0 Å². The second-order valence-electron chi connectivity index (χ2n) is 3.97. The predicted molar refractivity (Wildman–Crippen MR) is 68.0 cm³/mol. The second kappa shape index (κ2) is 5.62. The zero-order valence-corrected chi connectivity index (χ0v) is 10.5. The van der Waals surface area contributed by atoms with Crippen molar-refractivity contribution in [3.05, 3.63) is 42.0 Å². The van der Waals surface area contributed by atoms with Crippen molar-refractivity contribution in [2.75, 3.05) is 13.7 Å². The number of hydrogen-bond donors (Lipinski definition) is 1. The highest BCUT2D eigenvalue weighted by molar-refractivity contribution is 5.91. The molecular weight excluding hydrogens is 249 g/mol. The molecule has 0 atom stereocenters. The molecule has 19 heavy (non-hydrogen) atoms. The third kappa shape index (κ3) is 2.79. The minimum atomic E-state index is -0.700. The van der Waals surface area contributed by atoms with Crippen LogP contribution in [0.1, 0.15) is 10.4 Å². The molecule has 0 fully saturated rings. The first-order chi connectivity index (χ1) is 9.15. The lowest BCUT2D eigenvalue weighted by molar-refractivity contribution is 0.0595. The van der Waals surface area contributed by atoms with Crippen LogP contribution in [0.15, 0.2) is 30.6 Å². The van der Waals surface area contributed by atoms with Gasteiger partial charge in [0.15, 0.2) is 0 Å². The molecule has 6 heteroatoms. The quantitative estimate of drug-likeness (QED) is 0.847. The van der Waals surface area contributed by atoms with Crippen LogP contribution in [0.2, 0.25) is 0 Å². The number of hydrogen-bond acceptors (Lipinski definition) is 4. The molecule has 100 valence electrons. The minimum Gasteiger partial charge on any atom is -0.465 e. The largest absolute Gasteiger partial charge is 0.465 e. The second-order valence-corrected chi connectivity index (χ2v) is 3.97. The van der Waals surface area contributed by atoms with E-state index in [2.05, 4.69) is 9.84 Å². The van der Waals surface area contributed by atoms with Gasteiger partial charge in [0.25, 0.3) is 0 Å². The Morgan fingerprint density at radius 2 is 2.26 bits per heavy atom. The fraction of sp³-hybridized carbons (Fsp3) is 0.231. The number of benzene rings is 1. The first-order valence-electron chi connectivity index (χ1n) is 5.76. The number of aromatic nitrogens is 2. The molecule has 0 saturated heterocycles. The van der Waals surface area contributed by atoms with Gasteiger partial charge in [0.2, 0.25) is 0 Å². The van der Waals surface area contributed by atoms with E-state index in [0.29, 0.717) is 18.7 Å². The van der Waals surface area contributed by atoms with Crippen LogP contribution in [0.25, 0.3) is 11.1 Å². The Bertz CT molecular complexity index is 595. The van der Waals surface area contributed by atoms with Gasteiger partial charge in [-0.1, -0.05) is 6.07 Å². The standard InChI is InChI=1S/C13H14FN3O2/c1-19-13(18)11-6-9(2-3-12(11)14)10-7-16-17(8-10)5-4-15/h2-3,6-8H,4-5,15H2,1H3. The molecule has 0 radical (unpaired) electrons. The number of nitrogens with two attached hydrogens (primary N) is 1. The van der Waals surface area contributed by atoms with Crippen molar-refractivity contribution in [1.82, 2.24) is 9.78 Å². The van der Waals surface area contributed by atoms with E-state index in [-0.39, 0.29) is 5.56 Å². The molecule has 2 aromatic rings. The van der Waals surface area contributed by atoms with Crippen LogP contribution < -0.4 is 5.73 Å². The van der Waals surface area contributed by atoms with Crippen LogP contribution in [0.5, 0.6) is 0 Å². The third-order valence-corrected chi connectivity index (χ3v) is 2.70. The fourth-order valence-corrected chi connectivity index (χ4v) is 1.74. The monoisotopic (exact) mass is 263 g/mol. The van der Waals surface area contributed by atoms with Crippen LogP contribution in [0, 0.1) is 5.82 Å². The zero-order valence-electron chi connectivity index (χ0n) is 10.5. The SMILES string of the molecule is COC(=O)c1cc(-c2cnn(CCN)c2)ccc1F. The number of ether oxygens (including phenoxy) is 1. The number of methoxy groups -OCH3 is 1. The fourth-order valence-electron chi connectivity index (χ4n) is 1.74. The van der Waals surface area contributed by atoms with Gasteiger partial charge in [-0.15, -0.1) is 0 Å². The highest BCUT2D eigenvalue weighted by Gasteiger charge is 2.13. The maximum atomic E-state index is 13.5. The highest BCUT2D eigenvalue weighted by Crippen LogP contribution is 2.22. The van der Waals surface area contributed by atoms with Crippen LogP contribution >= 0.6 is 0 Å². The zero-order chi connectivity index (χ0) is 13.8. The lowest BCUT2D eigenvalue weighted by Crippen LogP contribution is -2.09. The minimum absolute atomic E-state index is 0.0911. The first kappa shape index (κ1) is 13.2. The van der Waals surface area contributed by atoms with Crippen molar-refractivity contribution in [2.24, 2.45) is 5.73 Å². The van der Waals surface area contributed by atoms with Gasteiger partial charge in [-0.05, 0) is 17.7 Å². The predicted octanol–water partition coefficient (Wildman–Crippen LogP) is 1.43. The average molecular weight is 263 g/mol. The molecule has 1 aromatic heterocycles. The van der Waals surface area contributed by atoms with Crippen molar-refractivity contribution < 1.29 is 13.9 Å². The summed E-state index contributed by atoms with van der Waals surface area (Å²) >= 11 is 0. The molecule has 2 rings (SSSR count). The van der Waals surface area contributed by atoms with Gasteiger partial charge >= 0.3 is 5.97 Å². The lowest BCUT2D eigenvalue weighted by atomic mass is 10.1. The van der Waals surface area contributed by atoms with Crippen molar-refractivity contribution in [3.8, 4) is 11.1 Å². The van der Waals surface area contributed by atoms with Gasteiger partial charge in [-0.25, -0.2) is 9.18 Å². The molecular formula is C13H14FN3O2. The molecule has 2 N–H and O–H groups in total. The van der Waals surface area contributed by atoms with Crippen molar-refractivity contribution in [3.63, 3.8) is 0 Å². The van der Waals surface area contributed by atoms with E-state index < -0.39 is 11.8 Å². The Hall–Kier alpha value is -2.21. The number of nitrogens with zero attached hydrogens (tertiary/aromatic N) is 2. The van der Waals surface area contributed by atoms with Crippen LogP contribution in [0.4, 0.5) is 4.39 Å². The van der Waals surface area contributed by atoms with Crippen molar-refractivity contribution in [1.29, 1.82) is 0 Å². The Kier molecular flexibility index (Phi) is 3.91. The molecule has 0 spiro atoms. The van der Waals surface area contributed by atoms with E-state index in [9.17, 15) is 9.18 Å². The average Bonchev–Trinajstić information content (AvgIpc) is 2.87. The van der Waals surface area contributed by atoms with E-state index in [1.165, 1.54) is 19.2 Å². The topological polar surface area (TPSA) is 70.1 Å². The van der Waals surface area contributed by atoms with Gasteiger partial charge in [0, 0.05) is 18.3 Å². The smallest absolute Gasteiger partial charge is 0.340 e. The van der Waals surface area contributed by atoms with E-state index in [1.807, 2.05) is 0 Å². The van der Waals surface area contributed by atoms with E-state index >= 15 is 0 Å². The van der Waals surface area contributed by atoms with Crippen LogP contribution in [-0.2, 0) is 11.3 Å². The molecule has 0 unspecified atom stereocenters. The Morgan fingerprint density at radius 3 is 2.95 bits per heavy atom. The summed E-state index contributed by atoms with van der Waals surface area (Å²) in [5.74, 6) is -1.31. The summed E-state index contributed by atoms with van der Waals surface area (Å²) < 4.78 is 19.7. The molecule has 0 aliphatic rings. The molecule has 0 amide bonds. The summed E-state index contributed by atoms with van der Waals surface area (Å²) in [5, 5.41) is 4.13. The third-order valence-electron chi connectivity index (χ3n) is 2.70. The van der Waals surface area contributed by atoms with Gasteiger partial charge in [-0.3, -0.25) is 4.68 Å². The highest BCUT2D eigenvalue weighted by atomic mass is 19.1. The Morgan fingerprint density at radius 1 is 1.47 bits per heavy atom. The van der Waals surface area contributed by atoms with Gasteiger partial charge in [-0.2, -0.15) is 5.10 Å². The lowest BCUT2D eigenvalue weighted by Gasteiger charge is -2.03. The number of rotatable bonds is 4.